The van der Waals surface area contributed by atoms with Crippen LogP contribution in [0.1, 0.15) is 31.9 Å². The van der Waals surface area contributed by atoms with E-state index in [9.17, 15) is 0 Å². The van der Waals surface area contributed by atoms with Crippen LogP contribution < -0.4 is 4.74 Å². The number of para-hydroxylation sites is 4. The topological polar surface area (TPSA) is 41.3 Å². The molecule has 0 radical (unpaired) electrons. The van der Waals surface area contributed by atoms with E-state index in [0.717, 1.165) is 53.7 Å². The second kappa shape index (κ2) is 11.5. The first kappa shape index (κ1) is 32.5. The zero-order valence-corrected chi connectivity index (χ0v) is 33.3. The third-order valence-electron chi connectivity index (χ3n) is 11.3. The molecule has 0 aliphatic rings. The number of pyridine rings is 1. The van der Waals surface area contributed by atoms with Crippen LogP contribution in [0.3, 0.4) is 0 Å². The molecule has 0 aliphatic heterocycles. The number of hydrogen-bond donors (Lipinski definition) is 0. The van der Waals surface area contributed by atoms with Gasteiger partial charge in [0.1, 0.15) is 0 Å². The number of nitrogens with zero attached hydrogens (tertiary/aromatic N) is 5. The van der Waals surface area contributed by atoms with Gasteiger partial charge in [-0.05, 0) is 23.1 Å². The molecule has 0 fully saturated rings. The second-order valence-corrected chi connectivity index (χ2v) is 16.6. The molecule has 0 saturated heterocycles. The summed E-state index contributed by atoms with van der Waals surface area (Å²) in [5.74, 6) is 2.14. The molecule has 6 nitrogen and oxygen atoms in total. The molecule has 0 bridgehead atoms. The standard InChI is InChI=1S/C48H35N5O.Pt/c1-29-17-18-31(51-28-50(5)40-15-8-9-16-41(40)51)24-45(29)54-32-19-20-34-37-26-38-36-13-10-12-35-33-11-6-7-14-39(33)53(47(35)36)44(38)27-43(37)52(42(34)25-32)46-23-30(21-22-49-46)48(2,3)4;/h6-23,26-27H,1-5H3;/q-2;. The number of aromatic nitrogens is 5. The Morgan fingerprint density at radius 2 is 1.36 bits per heavy atom. The fraction of sp³-hybridized carbons (Fsp3) is 0.125. The van der Waals surface area contributed by atoms with E-state index in [0.29, 0.717) is 11.5 Å². The number of hydrogen-bond acceptors (Lipinski definition) is 2. The molecule has 0 amide bonds. The monoisotopic (exact) mass is 892 g/mol. The van der Waals surface area contributed by atoms with Crippen LogP contribution in [-0.4, -0.2) is 23.1 Å². The molecular formula is C48H35N5OPt-2. The van der Waals surface area contributed by atoms with Gasteiger partial charge in [0.25, 0.3) is 0 Å². The molecule has 11 rings (SSSR count). The summed E-state index contributed by atoms with van der Waals surface area (Å²) in [5, 5.41) is 7.28. The molecule has 7 heteroatoms. The first-order valence-corrected chi connectivity index (χ1v) is 19.7. The van der Waals surface area contributed by atoms with Crippen molar-refractivity contribution in [1.82, 2.24) is 23.1 Å². The Kier molecular flexibility index (Phi) is 6.80. The van der Waals surface area contributed by atoms with Crippen LogP contribution in [0.2, 0.25) is 0 Å². The number of aryl methyl sites for hydroxylation is 2. The van der Waals surface area contributed by atoms with Crippen molar-refractivity contribution in [3.05, 3.63) is 149 Å². The normalized spacial score (nSPS) is 12.6. The van der Waals surface area contributed by atoms with Gasteiger partial charge in [0, 0.05) is 27.7 Å². The van der Waals surface area contributed by atoms with E-state index in [2.05, 4.69) is 194 Å². The van der Waals surface area contributed by atoms with Crippen molar-refractivity contribution >= 4 is 70.9 Å². The van der Waals surface area contributed by atoms with Crippen LogP contribution in [0.15, 0.2) is 121 Å². The van der Waals surface area contributed by atoms with Crippen LogP contribution >= 0.6 is 0 Å². The molecule has 0 N–H and O–H groups in total. The van der Waals surface area contributed by atoms with Gasteiger partial charge in [0.15, 0.2) is 0 Å². The molecular weight excluding hydrogens is 858 g/mol. The third kappa shape index (κ3) is 4.64. The van der Waals surface area contributed by atoms with E-state index in [1.54, 1.807) is 0 Å². The summed E-state index contributed by atoms with van der Waals surface area (Å²) in [7, 11) is 2.09. The SMILES string of the molecule is Cc1ccc(-n2[c](=[Pt])n(C)c3ccccc32)[c-]c1Oc1[c-]c2c(cc1)c1cc3c4cccc5c6ccccc6n(c3cc1n2-c1cc(C(C)(C)C)ccn1)c54. The summed E-state index contributed by atoms with van der Waals surface area (Å²) in [6, 6.07) is 48.6. The Labute approximate surface area is 328 Å². The summed E-state index contributed by atoms with van der Waals surface area (Å²) in [6.45, 7) is 8.79. The van der Waals surface area contributed by atoms with Crippen LogP contribution in [0, 0.1) is 22.9 Å². The van der Waals surface area contributed by atoms with Gasteiger partial charge < -0.3 is 4.40 Å². The number of rotatable bonds is 4. The first-order valence-electron chi connectivity index (χ1n) is 18.5. The average Bonchev–Trinajstić information content (AvgIpc) is 3.88. The maximum atomic E-state index is 6.73. The zero-order chi connectivity index (χ0) is 37.3. The quantitative estimate of drug-likeness (QED) is 0.165. The number of ether oxygens (including phenoxy) is 1. The molecule has 0 spiro atoms. The van der Waals surface area contributed by atoms with Crippen molar-refractivity contribution < 1.29 is 24.1 Å². The minimum atomic E-state index is -0.0503. The average molecular weight is 893 g/mol. The molecule has 55 heavy (non-hydrogen) atoms. The molecule has 0 saturated carbocycles. The Hall–Kier alpha value is -5.97. The van der Waals surface area contributed by atoms with Gasteiger partial charge >= 0.3 is 201 Å². The summed E-state index contributed by atoms with van der Waals surface area (Å²) in [6.07, 6.45) is 1.93. The van der Waals surface area contributed by atoms with E-state index in [1.165, 1.54) is 43.7 Å². The molecule has 11 aromatic rings. The van der Waals surface area contributed by atoms with Crippen LogP contribution in [0.5, 0.6) is 11.5 Å². The molecule has 0 aliphatic carbocycles. The third-order valence-corrected chi connectivity index (χ3v) is 12.6. The van der Waals surface area contributed by atoms with Crippen LogP contribution in [0.4, 0.5) is 0 Å². The fourth-order valence-corrected chi connectivity index (χ4v) is 9.34. The summed E-state index contributed by atoms with van der Waals surface area (Å²) in [4.78, 5) is 5.00. The van der Waals surface area contributed by atoms with Crippen molar-refractivity contribution in [2.45, 2.75) is 33.1 Å². The molecule has 0 atom stereocenters. The summed E-state index contributed by atoms with van der Waals surface area (Å²) in [5.41, 5.74) is 11.0. The second-order valence-electron chi connectivity index (χ2n) is 15.6. The van der Waals surface area contributed by atoms with Crippen LogP contribution in [0.25, 0.3) is 82.4 Å². The zero-order valence-electron chi connectivity index (χ0n) is 31.0. The Balaban J connectivity index is 1.15. The van der Waals surface area contributed by atoms with Crippen molar-refractivity contribution in [1.29, 1.82) is 0 Å². The van der Waals surface area contributed by atoms with E-state index in [1.807, 2.05) is 12.3 Å². The van der Waals surface area contributed by atoms with E-state index < -0.39 is 0 Å². The van der Waals surface area contributed by atoms with Crippen molar-refractivity contribution in [3.8, 4) is 23.0 Å². The maximum absolute atomic E-state index is 6.73. The molecule has 5 aromatic heterocycles. The number of benzene rings is 6. The fourth-order valence-electron chi connectivity index (χ4n) is 8.52. The molecule has 5 heterocycles. The predicted octanol–water partition coefficient (Wildman–Crippen LogP) is 11.7. The summed E-state index contributed by atoms with van der Waals surface area (Å²) >= 11 is 2.38. The smallest absolute Gasteiger partial charge is 0.0561 e. The van der Waals surface area contributed by atoms with Gasteiger partial charge in [-0.2, -0.15) is 0 Å². The van der Waals surface area contributed by atoms with Gasteiger partial charge in [0.2, 0.25) is 0 Å². The number of fused-ring (bicyclic) bond motifs is 10. The van der Waals surface area contributed by atoms with Gasteiger partial charge in [-0.25, -0.2) is 0 Å². The van der Waals surface area contributed by atoms with Crippen LogP contribution in [-0.2, 0) is 31.8 Å². The van der Waals surface area contributed by atoms with Gasteiger partial charge in [-0.15, -0.1) is 0 Å². The Morgan fingerprint density at radius 1 is 0.636 bits per heavy atom. The first-order chi connectivity index (χ1) is 26.7. The minimum Gasteiger partial charge on any atom is -0.0561 e. The number of imidazole rings is 1. The van der Waals surface area contributed by atoms with Gasteiger partial charge in [-0.1, -0.05) is 57.2 Å². The Bertz CT molecular complexity index is 3440. The molecule has 0 unspecified atom stereocenters. The van der Waals surface area contributed by atoms with Crippen molar-refractivity contribution in [2.24, 2.45) is 7.05 Å². The van der Waals surface area contributed by atoms with E-state index in [4.69, 9.17) is 9.72 Å². The Morgan fingerprint density at radius 3 is 2.18 bits per heavy atom. The summed E-state index contributed by atoms with van der Waals surface area (Å²) < 4.78 is 16.9. The van der Waals surface area contributed by atoms with Crippen molar-refractivity contribution in [3.63, 3.8) is 0 Å². The van der Waals surface area contributed by atoms with Gasteiger partial charge in [-0.3, -0.25) is 0 Å². The minimum absolute atomic E-state index is 0.0503. The molecule has 6 aromatic carbocycles. The van der Waals surface area contributed by atoms with Gasteiger partial charge in [0.05, 0.1) is 16.6 Å². The molecule has 270 valence electrons. The predicted molar refractivity (Wildman–Crippen MR) is 220 cm³/mol. The van der Waals surface area contributed by atoms with E-state index >= 15 is 0 Å². The van der Waals surface area contributed by atoms with Crippen molar-refractivity contribution in [2.75, 3.05) is 0 Å². The van der Waals surface area contributed by atoms with E-state index in [-0.39, 0.29) is 5.41 Å².